The van der Waals surface area contributed by atoms with Gasteiger partial charge in [-0.05, 0) is 37.2 Å². The molecule has 0 radical (unpaired) electrons. The van der Waals surface area contributed by atoms with E-state index in [0.29, 0.717) is 0 Å². The Labute approximate surface area is 110 Å². The molecule has 0 spiro atoms. The molecule has 2 rings (SSSR count). The number of rotatable bonds is 3. The van der Waals surface area contributed by atoms with Gasteiger partial charge in [-0.1, -0.05) is 28.1 Å². The molecule has 0 aliphatic carbocycles. The van der Waals surface area contributed by atoms with E-state index in [9.17, 15) is 0 Å². The molecule has 0 saturated heterocycles. The highest BCUT2D eigenvalue weighted by molar-refractivity contribution is 9.10. The van der Waals surface area contributed by atoms with Gasteiger partial charge in [-0.2, -0.15) is 5.10 Å². The molecular formula is C13H16BrN3. The molecule has 0 aliphatic rings. The molecule has 1 atom stereocenters. The van der Waals surface area contributed by atoms with Crippen LogP contribution in [0.25, 0.3) is 0 Å². The second-order valence-corrected chi connectivity index (χ2v) is 4.98. The average Bonchev–Trinajstić information content (AvgIpc) is 2.69. The van der Waals surface area contributed by atoms with Crippen LogP contribution in [0.4, 0.5) is 0 Å². The lowest BCUT2D eigenvalue weighted by molar-refractivity contribution is 0.604. The summed E-state index contributed by atoms with van der Waals surface area (Å²) < 4.78 is 3.02. The molecular weight excluding hydrogens is 278 g/mol. The van der Waals surface area contributed by atoms with E-state index in [1.807, 2.05) is 31.0 Å². The Hall–Kier alpha value is -1.13. The minimum Gasteiger partial charge on any atom is -0.308 e. The summed E-state index contributed by atoms with van der Waals surface area (Å²) in [5.74, 6) is 0. The van der Waals surface area contributed by atoms with Gasteiger partial charge in [0.15, 0.2) is 0 Å². The van der Waals surface area contributed by atoms with Crippen LogP contribution in [0.1, 0.15) is 22.9 Å². The van der Waals surface area contributed by atoms with Crippen LogP contribution in [0.15, 0.2) is 34.9 Å². The average molecular weight is 294 g/mol. The van der Waals surface area contributed by atoms with Crippen LogP contribution in [0.2, 0.25) is 0 Å². The zero-order chi connectivity index (χ0) is 12.4. The van der Waals surface area contributed by atoms with Gasteiger partial charge in [-0.3, -0.25) is 4.68 Å². The van der Waals surface area contributed by atoms with E-state index in [1.165, 1.54) is 11.1 Å². The molecule has 2 aromatic rings. The van der Waals surface area contributed by atoms with Crippen LogP contribution in [0.3, 0.4) is 0 Å². The summed E-state index contributed by atoms with van der Waals surface area (Å²) in [5, 5.41) is 7.55. The lowest BCUT2D eigenvalue weighted by Crippen LogP contribution is -2.21. The Balaban J connectivity index is 2.46. The molecule has 0 fully saturated rings. The molecule has 0 saturated carbocycles. The van der Waals surface area contributed by atoms with Crippen molar-refractivity contribution in [2.75, 3.05) is 7.05 Å². The maximum Gasteiger partial charge on any atom is 0.0756 e. The third-order valence-corrected chi connectivity index (χ3v) is 3.60. The smallest absolute Gasteiger partial charge is 0.0756 e. The summed E-state index contributed by atoms with van der Waals surface area (Å²) in [5.41, 5.74) is 3.62. The number of nitrogens with one attached hydrogen (secondary N) is 1. The second-order valence-electron chi connectivity index (χ2n) is 4.13. The summed E-state index contributed by atoms with van der Waals surface area (Å²) >= 11 is 3.63. The summed E-state index contributed by atoms with van der Waals surface area (Å²) in [6.07, 6.45) is 1.82. The molecule has 1 aromatic heterocycles. The van der Waals surface area contributed by atoms with Crippen LogP contribution in [-0.2, 0) is 7.05 Å². The summed E-state index contributed by atoms with van der Waals surface area (Å²) in [6, 6.07) is 8.59. The SMILES string of the molecule is CNC(c1ccc(C)cc1Br)c1ccnn1C. The summed E-state index contributed by atoms with van der Waals surface area (Å²) in [7, 11) is 3.92. The Morgan fingerprint density at radius 1 is 1.35 bits per heavy atom. The topological polar surface area (TPSA) is 29.9 Å². The van der Waals surface area contributed by atoms with Crippen molar-refractivity contribution in [3.8, 4) is 0 Å². The first-order valence-corrected chi connectivity index (χ1v) is 6.34. The monoisotopic (exact) mass is 293 g/mol. The Morgan fingerprint density at radius 2 is 2.12 bits per heavy atom. The van der Waals surface area contributed by atoms with E-state index in [-0.39, 0.29) is 6.04 Å². The van der Waals surface area contributed by atoms with Gasteiger partial charge in [0.25, 0.3) is 0 Å². The van der Waals surface area contributed by atoms with Crippen LogP contribution in [0, 0.1) is 6.92 Å². The Kier molecular flexibility index (Phi) is 3.64. The van der Waals surface area contributed by atoms with Crippen LogP contribution in [-0.4, -0.2) is 16.8 Å². The fourth-order valence-corrected chi connectivity index (χ4v) is 2.72. The molecule has 1 aromatic carbocycles. The van der Waals surface area contributed by atoms with Crippen LogP contribution < -0.4 is 5.32 Å². The van der Waals surface area contributed by atoms with E-state index in [2.05, 4.69) is 51.5 Å². The van der Waals surface area contributed by atoms with Crippen molar-refractivity contribution in [1.82, 2.24) is 15.1 Å². The van der Waals surface area contributed by atoms with Crippen molar-refractivity contribution in [2.45, 2.75) is 13.0 Å². The first-order valence-electron chi connectivity index (χ1n) is 5.54. The molecule has 17 heavy (non-hydrogen) atoms. The Morgan fingerprint density at radius 3 is 2.65 bits per heavy atom. The normalized spacial score (nSPS) is 12.7. The zero-order valence-corrected chi connectivity index (χ0v) is 11.8. The number of aryl methyl sites for hydroxylation is 2. The highest BCUT2D eigenvalue weighted by Crippen LogP contribution is 2.28. The van der Waals surface area contributed by atoms with E-state index in [0.717, 1.165) is 10.2 Å². The number of nitrogens with zero attached hydrogens (tertiary/aromatic N) is 2. The van der Waals surface area contributed by atoms with Crippen molar-refractivity contribution >= 4 is 15.9 Å². The van der Waals surface area contributed by atoms with E-state index >= 15 is 0 Å². The highest BCUT2D eigenvalue weighted by atomic mass is 79.9. The largest absolute Gasteiger partial charge is 0.308 e. The summed E-state index contributed by atoms with van der Waals surface area (Å²) in [4.78, 5) is 0. The lowest BCUT2D eigenvalue weighted by Gasteiger charge is -2.18. The minimum atomic E-state index is 0.150. The number of halogens is 1. The van der Waals surface area contributed by atoms with Crippen LogP contribution >= 0.6 is 15.9 Å². The van der Waals surface area contributed by atoms with Crippen molar-refractivity contribution in [3.63, 3.8) is 0 Å². The van der Waals surface area contributed by atoms with Crippen molar-refractivity contribution in [1.29, 1.82) is 0 Å². The van der Waals surface area contributed by atoms with Gasteiger partial charge >= 0.3 is 0 Å². The van der Waals surface area contributed by atoms with E-state index in [4.69, 9.17) is 0 Å². The van der Waals surface area contributed by atoms with Crippen molar-refractivity contribution in [3.05, 3.63) is 51.8 Å². The lowest BCUT2D eigenvalue weighted by atomic mass is 10.0. The predicted octanol–water partition coefficient (Wildman–Crippen LogP) is 2.80. The van der Waals surface area contributed by atoms with Crippen molar-refractivity contribution in [2.24, 2.45) is 7.05 Å². The molecule has 3 nitrogen and oxygen atoms in total. The van der Waals surface area contributed by atoms with Crippen LogP contribution in [0.5, 0.6) is 0 Å². The standard InChI is InChI=1S/C13H16BrN3/c1-9-4-5-10(11(14)8-9)13(15-2)12-6-7-16-17(12)3/h4-8,13,15H,1-3H3. The van der Waals surface area contributed by atoms with E-state index < -0.39 is 0 Å². The highest BCUT2D eigenvalue weighted by Gasteiger charge is 2.17. The van der Waals surface area contributed by atoms with Gasteiger partial charge in [0.05, 0.1) is 11.7 Å². The maximum atomic E-state index is 4.22. The molecule has 1 N–H and O–H groups in total. The summed E-state index contributed by atoms with van der Waals surface area (Å²) in [6.45, 7) is 2.09. The fraction of sp³-hybridized carbons (Fsp3) is 0.308. The molecule has 4 heteroatoms. The van der Waals surface area contributed by atoms with Gasteiger partial charge in [0.2, 0.25) is 0 Å². The first-order chi connectivity index (χ1) is 8.13. The minimum absolute atomic E-state index is 0.150. The molecule has 90 valence electrons. The number of aromatic nitrogens is 2. The van der Waals surface area contributed by atoms with Gasteiger partial charge in [0.1, 0.15) is 0 Å². The molecule has 1 heterocycles. The van der Waals surface area contributed by atoms with Crippen molar-refractivity contribution < 1.29 is 0 Å². The third kappa shape index (κ3) is 2.42. The molecule has 0 aliphatic heterocycles. The zero-order valence-electron chi connectivity index (χ0n) is 10.2. The first kappa shape index (κ1) is 12.3. The second kappa shape index (κ2) is 5.02. The molecule has 1 unspecified atom stereocenters. The fourth-order valence-electron chi connectivity index (χ4n) is 2.00. The van der Waals surface area contributed by atoms with E-state index in [1.54, 1.807) is 0 Å². The van der Waals surface area contributed by atoms with Gasteiger partial charge in [-0.25, -0.2) is 0 Å². The number of hydrogen-bond acceptors (Lipinski definition) is 2. The molecule has 0 amide bonds. The Bertz CT molecular complexity index is 519. The van der Waals surface area contributed by atoms with Gasteiger partial charge < -0.3 is 5.32 Å². The van der Waals surface area contributed by atoms with Gasteiger partial charge in [0, 0.05) is 17.7 Å². The number of hydrogen-bond donors (Lipinski definition) is 1. The third-order valence-electron chi connectivity index (χ3n) is 2.91. The number of benzene rings is 1. The van der Waals surface area contributed by atoms with Gasteiger partial charge in [-0.15, -0.1) is 0 Å². The quantitative estimate of drug-likeness (QED) is 0.943. The maximum absolute atomic E-state index is 4.22. The predicted molar refractivity (Wildman–Crippen MR) is 73.0 cm³/mol. The molecule has 0 bridgehead atoms.